The Morgan fingerprint density at radius 1 is 1.26 bits per heavy atom. The molecule has 0 amide bonds. The molecule has 2 rings (SSSR count). The van der Waals surface area contributed by atoms with Crippen LogP contribution in [-0.2, 0) is 0 Å². The van der Waals surface area contributed by atoms with Gasteiger partial charge in [0.25, 0.3) is 0 Å². The molecule has 19 heavy (non-hydrogen) atoms. The lowest BCUT2D eigenvalue weighted by atomic mass is 9.76. The Morgan fingerprint density at radius 3 is 2.68 bits per heavy atom. The van der Waals surface area contributed by atoms with E-state index >= 15 is 0 Å². The molecule has 3 nitrogen and oxygen atoms in total. The van der Waals surface area contributed by atoms with Crippen molar-refractivity contribution in [3.63, 3.8) is 0 Å². The summed E-state index contributed by atoms with van der Waals surface area (Å²) < 4.78 is 0. The van der Waals surface area contributed by atoms with Crippen LogP contribution in [-0.4, -0.2) is 48.6 Å². The van der Waals surface area contributed by atoms with Gasteiger partial charge in [-0.1, -0.05) is 19.8 Å². The minimum atomic E-state index is 0.263. The quantitative estimate of drug-likeness (QED) is 0.784. The molecule has 0 aromatic carbocycles. The highest BCUT2D eigenvalue weighted by atomic mass is 15.3. The normalized spacial score (nSPS) is 38.0. The minimum absolute atomic E-state index is 0.263. The molecule has 1 saturated heterocycles. The molecule has 108 valence electrons. The van der Waals surface area contributed by atoms with Crippen LogP contribution < -0.4 is 0 Å². The van der Waals surface area contributed by atoms with Crippen molar-refractivity contribution >= 4 is 0 Å². The van der Waals surface area contributed by atoms with Gasteiger partial charge in [-0.05, 0) is 39.2 Å². The maximum absolute atomic E-state index is 9.46. The van der Waals surface area contributed by atoms with Crippen LogP contribution in [0.5, 0.6) is 0 Å². The largest absolute Gasteiger partial charge is 0.304 e. The first-order valence-electron chi connectivity index (χ1n) is 7.99. The second kappa shape index (κ2) is 6.72. The first kappa shape index (κ1) is 14.8. The molecule has 0 aromatic heterocycles. The molecule has 0 aromatic rings. The van der Waals surface area contributed by atoms with Gasteiger partial charge in [-0.15, -0.1) is 0 Å². The van der Waals surface area contributed by atoms with Crippen molar-refractivity contribution in [1.29, 1.82) is 5.26 Å². The zero-order chi connectivity index (χ0) is 13.8. The average Bonchev–Trinajstić information content (AvgIpc) is 2.39. The topological polar surface area (TPSA) is 30.3 Å². The highest BCUT2D eigenvalue weighted by Gasteiger charge is 2.37. The fourth-order valence-electron chi connectivity index (χ4n) is 4.07. The molecule has 1 saturated carbocycles. The van der Waals surface area contributed by atoms with E-state index in [9.17, 15) is 5.26 Å². The summed E-state index contributed by atoms with van der Waals surface area (Å²) in [7, 11) is 2.20. The summed E-state index contributed by atoms with van der Waals surface area (Å²) in [6.07, 6.45) is 6.26. The van der Waals surface area contributed by atoms with Gasteiger partial charge >= 0.3 is 0 Å². The zero-order valence-corrected chi connectivity index (χ0v) is 12.8. The Morgan fingerprint density at radius 2 is 2.05 bits per heavy atom. The highest BCUT2D eigenvalue weighted by Crippen LogP contribution is 2.35. The van der Waals surface area contributed by atoms with Crippen LogP contribution in [0.2, 0.25) is 0 Å². The summed E-state index contributed by atoms with van der Waals surface area (Å²) in [5, 5.41) is 9.46. The van der Waals surface area contributed by atoms with Crippen molar-refractivity contribution in [2.24, 2.45) is 11.8 Å². The van der Waals surface area contributed by atoms with Crippen LogP contribution in [0.15, 0.2) is 0 Å². The fourth-order valence-corrected chi connectivity index (χ4v) is 4.07. The van der Waals surface area contributed by atoms with Crippen molar-refractivity contribution in [1.82, 2.24) is 9.80 Å². The van der Waals surface area contributed by atoms with E-state index in [0.717, 1.165) is 32.0 Å². The van der Waals surface area contributed by atoms with Gasteiger partial charge in [0.15, 0.2) is 0 Å². The Balaban J connectivity index is 2.03. The number of hydrogen-bond acceptors (Lipinski definition) is 3. The van der Waals surface area contributed by atoms with E-state index in [1.807, 2.05) is 0 Å². The molecule has 1 heterocycles. The zero-order valence-electron chi connectivity index (χ0n) is 12.8. The second-order valence-electron chi connectivity index (χ2n) is 6.62. The minimum Gasteiger partial charge on any atom is -0.304 e. The molecular weight excluding hydrogens is 234 g/mol. The molecule has 2 fully saturated rings. The van der Waals surface area contributed by atoms with Gasteiger partial charge in [-0.25, -0.2) is 0 Å². The number of nitriles is 1. The third-order valence-electron chi connectivity index (χ3n) is 5.10. The third-order valence-corrected chi connectivity index (χ3v) is 5.10. The predicted octanol–water partition coefficient (Wildman–Crippen LogP) is 2.73. The summed E-state index contributed by atoms with van der Waals surface area (Å²) in [5.74, 6) is 1.12. The lowest BCUT2D eigenvalue weighted by molar-refractivity contribution is 0.0184. The lowest BCUT2D eigenvalue weighted by Crippen LogP contribution is -2.57. The molecule has 0 bridgehead atoms. The molecule has 2 aliphatic rings. The summed E-state index contributed by atoms with van der Waals surface area (Å²) in [6.45, 7) is 8.04. The van der Waals surface area contributed by atoms with E-state index < -0.39 is 0 Å². The molecule has 1 aliphatic carbocycles. The van der Waals surface area contributed by atoms with E-state index in [2.05, 4.69) is 36.8 Å². The van der Waals surface area contributed by atoms with Crippen LogP contribution in [0, 0.1) is 23.2 Å². The summed E-state index contributed by atoms with van der Waals surface area (Å²) in [5.41, 5.74) is 0. The molecule has 0 radical (unpaired) electrons. The standard InChI is InChI=1S/C16H29N3/c1-4-5-14-6-7-15(11-17)16(10-14)19-9-8-18(3)12-13(19)2/h13-16H,4-10,12H2,1-3H3. The molecule has 1 aliphatic heterocycles. The third kappa shape index (κ3) is 3.49. The Labute approximate surface area is 118 Å². The van der Waals surface area contributed by atoms with Crippen LogP contribution in [0.25, 0.3) is 0 Å². The van der Waals surface area contributed by atoms with Gasteiger partial charge < -0.3 is 4.90 Å². The van der Waals surface area contributed by atoms with E-state index in [1.54, 1.807) is 0 Å². The average molecular weight is 263 g/mol. The molecule has 3 heteroatoms. The van der Waals surface area contributed by atoms with E-state index in [-0.39, 0.29) is 5.92 Å². The number of hydrogen-bond donors (Lipinski definition) is 0. The van der Waals surface area contributed by atoms with Crippen molar-refractivity contribution in [3.05, 3.63) is 0 Å². The van der Waals surface area contributed by atoms with Crippen molar-refractivity contribution in [2.75, 3.05) is 26.7 Å². The van der Waals surface area contributed by atoms with Crippen molar-refractivity contribution in [2.45, 2.75) is 58.0 Å². The Bertz CT molecular complexity index is 322. The molecule has 0 spiro atoms. The maximum Gasteiger partial charge on any atom is 0.0672 e. The van der Waals surface area contributed by atoms with Gasteiger partial charge in [-0.2, -0.15) is 5.26 Å². The first-order valence-corrected chi connectivity index (χ1v) is 7.99. The van der Waals surface area contributed by atoms with Gasteiger partial charge in [0.2, 0.25) is 0 Å². The van der Waals surface area contributed by atoms with Crippen LogP contribution in [0.3, 0.4) is 0 Å². The summed E-state index contributed by atoms with van der Waals surface area (Å²) >= 11 is 0. The summed E-state index contributed by atoms with van der Waals surface area (Å²) in [4.78, 5) is 5.05. The SMILES string of the molecule is CCCC1CCC(C#N)C(N2CCN(C)CC2C)C1. The van der Waals surface area contributed by atoms with Crippen LogP contribution in [0.4, 0.5) is 0 Å². The van der Waals surface area contributed by atoms with E-state index in [4.69, 9.17) is 0 Å². The smallest absolute Gasteiger partial charge is 0.0672 e. The second-order valence-corrected chi connectivity index (χ2v) is 6.62. The first-order chi connectivity index (χ1) is 9.15. The van der Waals surface area contributed by atoms with Crippen LogP contribution >= 0.6 is 0 Å². The fraction of sp³-hybridized carbons (Fsp3) is 0.938. The van der Waals surface area contributed by atoms with Gasteiger partial charge in [-0.3, -0.25) is 4.90 Å². The highest BCUT2D eigenvalue weighted by molar-refractivity contribution is 4.99. The number of piperazine rings is 1. The van der Waals surface area contributed by atoms with E-state index in [1.165, 1.54) is 25.7 Å². The van der Waals surface area contributed by atoms with Crippen molar-refractivity contribution in [3.8, 4) is 6.07 Å². The van der Waals surface area contributed by atoms with Gasteiger partial charge in [0.1, 0.15) is 0 Å². The lowest BCUT2D eigenvalue weighted by Gasteiger charge is -2.47. The van der Waals surface area contributed by atoms with Crippen molar-refractivity contribution < 1.29 is 0 Å². The number of nitrogens with zero attached hydrogens (tertiary/aromatic N) is 3. The summed E-state index contributed by atoms with van der Waals surface area (Å²) in [6, 6.07) is 3.70. The number of rotatable bonds is 3. The van der Waals surface area contributed by atoms with E-state index in [0.29, 0.717) is 12.1 Å². The van der Waals surface area contributed by atoms with Gasteiger partial charge in [0, 0.05) is 31.7 Å². The maximum atomic E-state index is 9.46. The predicted molar refractivity (Wildman–Crippen MR) is 78.8 cm³/mol. The monoisotopic (exact) mass is 263 g/mol. The molecule has 4 unspecified atom stereocenters. The number of likely N-dealkylation sites (N-methyl/N-ethyl adjacent to an activating group) is 1. The molecular formula is C16H29N3. The Kier molecular flexibility index (Phi) is 5.24. The molecule has 4 atom stereocenters. The van der Waals surface area contributed by atoms with Crippen LogP contribution in [0.1, 0.15) is 46.0 Å². The van der Waals surface area contributed by atoms with Gasteiger partial charge in [0.05, 0.1) is 12.0 Å². The molecule has 0 N–H and O–H groups in total. The Hall–Kier alpha value is -0.590.